The number of likely N-dealkylation sites (N-methyl/N-ethyl adjacent to an activating group) is 1. The first-order chi connectivity index (χ1) is 12.1. The molecule has 0 radical (unpaired) electrons. The zero-order valence-corrected chi connectivity index (χ0v) is 14.8. The van der Waals surface area contributed by atoms with Crippen LogP contribution in [0.2, 0.25) is 0 Å². The Morgan fingerprint density at radius 2 is 2.12 bits per heavy atom. The van der Waals surface area contributed by atoms with Crippen molar-refractivity contribution in [3.8, 4) is 0 Å². The lowest BCUT2D eigenvalue weighted by molar-refractivity contribution is 0.0141. The lowest BCUT2D eigenvalue weighted by Gasteiger charge is -2.28. The summed E-state index contributed by atoms with van der Waals surface area (Å²) < 4.78 is 5.34. The van der Waals surface area contributed by atoms with E-state index in [9.17, 15) is 5.11 Å². The average Bonchev–Trinajstić information content (AvgIpc) is 3.23. The first-order valence-corrected chi connectivity index (χ1v) is 9.09. The molecule has 1 N–H and O–H groups in total. The molecule has 1 aromatic heterocycles. The molecule has 2 aromatic rings. The van der Waals surface area contributed by atoms with Gasteiger partial charge in [-0.25, -0.2) is 0 Å². The van der Waals surface area contributed by atoms with E-state index in [2.05, 4.69) is 44.2 Å². The summed E-state index contributed by atoms with van der Waals surface area (Å²) in [5.41, 5.74) is 0.613. The van der Waals surface area contributed by atoms with Crippen LogP contribution in [0.25, 0.3) is 0 Å². The van der Waals surface area contributed by atoms with Crippen molar-refractivity contribution in [3.63, 3.8) is 0 Å². The van der Waals surface area contributed by atoms with Crippen molar-refractivity contribution in [2.45, 2.75) is 43.9 Å². The molecule has 2 aliphatic rings. The van der Waals surface area contributed by atoms with Crippen LogP contribution in [-0.2, 0) is 13.1 Å². The van der Waals surface area contributed by atoms with Gasteiger partial charge in [-0.3, -0.25) is 9.80 Å². The Hall–Kier alpha value is -1.76. The Bertz CT molecular complexity index is 700. The normalized spacial score (nSPS) is 24.3. The monoisotopic (exact) mass is 342 g/mol. The summed E-state index contributed by atoms with van der Waals surface area (Å²) in [4.78, 5) is 8.87. The summed E-state index contributed by atoms with van der Waals surface area (Å²) in [5.74, 6) is 2.00. The van der Waals surface area contributed by atoms with E-state index in [-0.39, 0.29) is 0 Å². The van der Waals surface area contributed by atoms with Gasteiger partial charge in [0, 0.05) is 32.1 Å². The summed E-state index contributed by atoms with van der Waals surface area (Å²) in [6.07, 6.45) is 3.14. The second-order valence-electron chi connectivity index (χ2n) is 7.66. The molecular weight excluding hydrogens is 316 g/mol. The highest BCUT2D eigenvalue weighted by Gasteiger charge is 2.37. The van der Waals surface area contributed by atoms with Crippen LogP contribution in [0.1, 0.15) is 42.5 Å². The van der Waals surface area contributed by atoms with Crippen molar-refractivity contribution in [2.75, 3.05) is 26.7 Å². The van der Waals surface area contributed by atoms with Gasteiger partial charge in [-0.2, -0.15) is 4.98 Å². The van der Waals surface area contributed by atoms with Crippen LogP contribution < -0.4 is 0 Å². The lowest BCUT2D eigenvalue weighted by Crippen LogP contribution is -2.43. The average molecular weight is 342 g/mol. The number of hydrogen-bond acceptors (Lipinski definition) is 6. The number of likely N-dealkylation sites (tertiary alicyclic amines) is 1. The minimum absolute atomic E-state index is 0.508. The molecular formula is C19H26N4O2. The molecule has 1 saturated heterocycles. The van der Waals surface area contributed by atoms with Crippen molar-refractivity contribution >= 4 is 0 Å². The Morgan fingerprint density at radius 3 is 2.88 bits per heavy atom. The van der Waals surface area contributed by atoms with Crippen molar-refractivity contribution in [1.82, 2.24) is 19.9 Å². The highest BCUT2D eigenvalue weighted by Crippen LogP contribution is 2.38. The predicted octanol–water partition coefficient (Wildman–Crippen LogP) is 2.02. The molecule has 2 heterocycles. The molecule has 1 saturated carbocycles. The number of aliphatic hydroxyl groups is 1. The van der Waals surface area contributed by atoms with Gasteiger partial charge in [0.25, 0.3) is 0 Å². The third-order valence-corrected chi connectivity index (χ3v) is 5.06. The molecule has 1 atom stereocenters. The van der Waals surface area contributed by atoms with Gasteiger partial charge >= 0.3 is 0 Å². The molecule has 1 unspecified atom stereocenters. The number of aromatic nitrogens is 2. The third kappa shape index (κ3) is 4.26. The van der Waals surface area contributed by atoms with Gasteiger partial charge in [0.05, 0.1) is 12.1 Å². The van der Waals surface area contributed by atoms with Gasteiger partial charge in [-0.15, -0.1) is 0 Å². The van der Waals surface area contributed by atoms with Gasteiger partial charge in [0.2, 0.25) is 5.89 Å². The van der Waals surface area contributed by atoms with Crippen LogP contribution in [0.5, 0.6) is 0 Å². The molecule has 4 rings (SSSR count). The molecule has 0 spiro atoms. The van der Waals surface area contributed by atoms with Crippen LogP contribution in [0.3, 0.4) is 0 Å². The molecule has 6 nitrogen and oxygen atoms in total. The minimum atomic E-state index is -0.678. The van der Waals surface area contributed by atoms with E-state index in [4.69, 9.17) is 4.52 Å². The molecule has 1 aliphatic carbocycles. The fourth-order valence-electron chi connectivity index (χ4n) is 3.68. The van der Waals surface area contributed by atoms with Gasteiger partial charge < -0.3 is 9.63 Å². The first kappa shape index (κ1) is 16.7. The quantitative estimate of drug-likeness (QED) is 0.830. The maximum absolute atomic E-state index is 10.9. The van der Waals surface area contributed by atoms with Crippen LogP contribution in [0, 0.1) is 0 Å². The van der Waals surface area contributed by atoms with Gasteiger partial charge in [0.15, 0.2) is 5.82 Å². The second kappa shape index (κ2) is 6.86. The van der Waals surface area contributed by atoms with E-state index in [1.165, 1.54) is 18.4 Å². The Morgan fingerprint density at radius 1 is 1.32 bits per heavy atom. The number of rotatable bonds is 7. The van der Waals surface area contributed by atoms with Crippen LogP contribution in [0.15, 0.2) is 34.9 Å². The Kier molecular flexibility index (Phi) is 4.58. The van der Waals surface area contributed by atoms with Crippen LogP contribution >= 0.6 is 0 Å². The molecule has 0 bridgehead atoms. The summed E-state index contributed by atoms with van der Waals surface area (Å²) in [6, 6.07) is 10.4. The highest BCUT2D eigenvalue weighted by atomic mass is 16.5. The van der Waals surface area contributed by atoms with Crippen LogP contribution in [0.4, 0.5) is 0 Å². The summed E-state index contributed by atoms with van der Waals surface area (Å²) in [6.45, 7) is 3.70. The van der Waals surface area contributed by atoms with Crippen molar-refractivity contribution in [1.29, 1.82) is 0 Å². The molecule has 134 valence electrons. The minimum Gasteiger partial charge on any atom is -0.387 e. The summed E-state index contributed by atoms with van der Waals surface area (Å²) in [5, 5.41) is 15.0. The maximum Gasteiger partial charge on any atom is 0.240 e. The largest absolute Gasteiger partial charge is 0.387 e. The maximum atomic E-state index is 10.9. The molecule has 25 heavy (non-hydrogen) atoms. The standard InChI is InChI=1S/C19H26N4O2/c1-22(12-17-20-18(21-25-17)16-7-8-16)13-19(24)9-10-23(14-19)11-15-5-3-2-4-6-15/h2-6,16,24H,7-14H2,1H3. The van der Waals surface area contributed by atoms with E-state index < -0.39 is 5.60 Å². The highest BCUT2D eigenvalue weighted by molar-refractivity contribution is 5.15. The summed E-state index contributed by atoms with van der Waals surface area (Å²) >= 11 is 0. The van der Waals surface area contributed by atoms with Crippen LogP contribution in [-0.4, -0.2) is 57.3 Å². The van der Waals surface area contributed by atoms with E-state index in [1.807, 2.05) is 13.1 Å². The zero-order valence-electron chi connectivity index (χ0n) is 14.8. The number of nitrogens with zero attached hydrogens (tertiary/aromatic N) is 4. The molecule has 1 aromatic carbocycles. The fourth-order valence-corrected chi connectivity index (χ4v) is 3.68. The number of β-amino-alcohol motifs (C(OH)–C–C–N with tert-alkyl or cyclic N) is 1. The fraction of sp³-hybridized carbons (Fsp3) is 0.579. The van der Waals surface area contributed by atoms with Gasteiger partial charge in [-0.1, -0.05) is 35.5 Å². The zero-order chi connectivity index (χ0) is 17.3. The van der Waals surface area contributed by atoms with E-state index in [0.29, 0.717) is 31.4 Å². The SMILES string of the molecule is CN(Cc1nc(C2CC2)no1)CC1(O)CCN(Cc2ccccc2)C1. The molecule has 1 aliphatic heterocycles. The van der Waals surface area contributed by atoms with E-state index >= 15 is 0 Å². The Balaban J connectivity index is 1.28. The van der Waals surface area contributed by atoms with E-state index in [0.717, 1.165) is 25.3 Å². The van der Waals surface area contributed by atoms with Gasteiger partial charge in [0.1, 0.15) is 0 Å². The van der Waals surface area contributed by atoms with Gasteiger partial charge in [-0.05, 0) is 31.9 Å². The smallest absolute Gasteiger partial charge is 0.240 e. The molecule has 2 fully saturated rings. The van der Waals surface area contributed by atoms with Crippen molar-refractivity contribution in [2.24, 2.45) is 0 Å². The third-order valence-electron chi connectivity index (χ3n) is 5.06. The second-order valence-corrected chi connectivity index (χ2v) is 7.66. The lowest BCUT2D eigenvalue weighted by atomic mass is 10.0. The molecule has 6 heteroatoms. The van der Waals surface area contributed by atoms with E-state index in [1.54, 1.807) is 0 Å². The molecule has 0 amide bonds. The topological polar surface area (TPSA) is 65.6 Å². The van der Waals surface area contributed by atoms with Crippen molar-refractivity contribution in [3.05, 3.63) is 47.6 Å². The first-order valence-electron chi connectivity index (χ1n) is 9.09. The van der Waals surface area contributed by atoms with Crippen molar-refractivity contribution < 1.29 is 9.63 Å². The number of benzene rings is 1. The summed E-state index contributed by atoms with van der Waals surface area (Å²) in [7, 11) is 2.00. The Labute approximate surface area is 148 Å². The predicted molar refractivity (Wildman–Crippen MR) is 93.9 cm³/mol. The number of hydrogen-bond donors (Lipinski definition) is 1.